The first-order chi connectivity index (χ1) is 11.9. The van der Waals surface area contributed by atoms with E-state index in [1.165, 1.54) is 49.8 Å². The second-order valence-electron chi connectivity index (χ2n) is 6.76. The van der Waals surface area contributed by atoms with Crippen molar-refractivity contribution in [3.05, 3.63) is 41.7 Å². The van der Waals surface area contributed by atoms with Gasteiger partial charge in [0.25, 0.3) is 0 Å². The number of tetrazole rings is 1. The molecule has 24 heavy (non-hydrogen) atoms. The van der Waals surface area contributed by atoms with Crippen molar-refractivity contribution in [3.8, 4) is 0 Å². The summed E-state index contributed by atoms with van der Waals surface area (Å²) >= 11 is 2.17. The van der Waals surface area contributed by atoms with Crippen LogP contribution in [0.3, 0.4) is 0 Å². The lowest BCUT2D eigenvalue weighted by Gasteiger charge is -2.22. The molecule has 130 valence electrons. The van der Waals surface area contributed by atoms with E-state index in [1.54, 1.807) is 0 Å². The number of rotatable bonds is 9. The molecule has 0 amide bonds. The maximum Gasteiger partial charge on any atom is 0.177 e. The first-order valence-corrected chi connectivity index (χ1v) is 10.4. The summed E-state index contributed by atoms with van der Waals surface area (Å²) in [5, 5.41) is 15.8. The monoisotopic (exact) mass is 344 g/mol. The van der Waals surface area contributed by atoms with Crippen molar-refractivity contribution in [2.24, 2.45) is 0 Å². The van der Waals surface area contributed by atoms with Gasteiger partial charge in [-0.3, -0.25) is 0 Å². The SMILES string of the molecule is c1ccc(CCCC(CCSC2CCCCC2)c2nn[nH]n2)cc1. The third-order valence-electron chi connectivity index (χ3n) is 4.96. The fourth-order valence-corrected chi connectivity index (χ4v) is 4.97. The summed E-state index contributed by atoms with van der Waals surface area (Å²) in [5.41, 5.74) is 1.42. The Balaban J connectivity index is 1.44. The van der Waals surface area contributed by atoms with Crippen LogP contribution in [-0.4, -0.2) is 31.6 Å². The van der Waals surface area contributed by atoms with Gasteiger partial charge in [-0.2, -0.15) is 17.0 Å². The van der Waals surface area contributed by atoms with Crippen LogP contribution in [0.25, 0.3) is 0 Å². The quantitative estimate of drug-likeness (QED) is 0.712. The number of hydrogen-bond acceptors (Lipinski definition) is 4. The molecule has 1 heterocycles. The van der Waals surface area contributed by atoms with Crippen LogP contribution in [0.15, 0.2) is 30.3 Å². The van der Waals surface area contributed by atoms with Crippen LogP contribution in [0.4, 0.5) is 0 Å². The largest absolute Gasteiger partial charge is 0.177 e. The molecule has 0 aliphatic heterocycles. The molecule has 1 aliphatic carbocycles. The van der Waals surface area contributed by atoms with Crippen molar-refractivity contribution in [2.45, 2.75) is 69.0 Å². The van der Waals surface area contributed by atoms with E-state index >= 15 is 0 Å². The van der Waals surface area contributed by atoms with E-state index in [0.717, 1.165) is 30.3 Å². The normalized spacial score (nSPS) is 17.0. The second kappa shape index (κ2) is 9.82. The van der Waals surface area contributed by atoms with Crippen molar-refractivity contribution in [1.29, 1.82) is 0 Å². The fourth-order valence-electron chi connectivity index (χ4n) is 3.55. The number of aromatic amines is 1. The Morgan fingerprint density at radius 1 is 1.08 bits per heavy atom. The van der Waals surface area contributed by atoms with Crippen LogP contribution in [-0.2, 0) is 6.42 Å². The van der Waals surface area contributed by atoms with E-state index < -0.39 is 0 Å². The van der Waals surface area contributed by atoms with Crippen LogP contribution < -0.4 is 0 Å². The third kappa shape index (κ3) is 5.62. The molecule has 5 heteroatoms. The molecule has 0 bridgehead atoms. The zero-order valence-electron chi connectivity index (χ0n) is 14.4. The number of thioether (sulfide) groups is 1. The van der Waals surface area contributed by atoms with Crippen LogP contribution in [0.2, 0.25) is 0 Å². The van der Waals surface area contributed by atoms with Gasteiger partial charge in [-0.15, -0.1) is 10.2 Å². The highest BCUT2D eigenvalue weighted by Crippen LogP contribution is 2.31. The molecule has 1 fully saturated rings. The first kappa shape index (κ1) is 17.5. The van der Waals surface area contributed by atoms with E-state index in [4.69, 9.17) is 0 Å². The summed E-state index contributed by atoms with van der Waals surface area (Å²) in [6.45, 7) is 0. The molecule has 1 unspecified atom stereocenters. The summed E-state index contributed by atoms with van der Waals surface area (Å²) in [4.78, 5) is 0. The van der Waals surface area contributed by atoms with Gasteiger partial charge < -0.3 is 0 Å². The molecule has 1 saturated carbocycles. The maximum atomic E-state index is 4.25. The van der Waals surface area contributed by atoms with Crippen LogP contribution in [0.1, 0.15) is 68.7 Å². The number of nitrogens with one attached hydrogen (secondary N) is 1. The van der Waals surface area contributed by atoms with Crippen LogP contribution >= 0.6 is 11.8 Å². The highest BCUT2D eigenvalue weighted by atomic mass is 32.2. The molecule has 3 rings (SSSR count). The minimum atomic E-state index is 0.434. The number of H-pyrrole nitrogens is 1. The number of aryl methyl sites for hydroxylation is 1. The Morgan fingerprint density at radius 2 is 1.92 bits per heavy atom. The van der Waals surface area contributed by atoms with Gasteiger partial charge in [0.1, 0.15) is 0 Å². The zero-order chi connectivity index (χ0) is 16.5. The molecule has 1 N–H and O–H groups in total. The molecule has 1 atom stereocenters. The van der Waals surface area contributed by atoms with Gasteiger partial charge in [0.2, 0.25) is 0 Å². The lowest BCUT2D eigenvalue weighted by atomic mass is 9.96. The Labute approximate surface area is 149 Å². The van der Waals surface area contributed by atoms with Crippen molar-refractivity contribution in [2.75, 3.05) is 5.75 Å². The molecule has 0 radical (unpaired) electrons. The van der Waals surface area contributed by atoms with Gasteiger partial charge in [0.15, 0.2) is 5.82 Å². The highest BCUT2D eigenvalue weighted by Gasteiger charge is 2.18. The molecular weight excluding hydrogens is 316 g/mol. The lowest BCUT2D eigenvalue weighted by Crippen LogP contribution is -2.10. The van der Waals surface area contributed by atoms with Gasteiger partial charge in [-0.05, 0) is 49.8 Å². The van der Waals surface area contributed by atoms with Crippen molar-refractivity contribution in [3.63, 3.8) is 0 Å². The fraction of sp³-hybridized carbons (Fsp3) is 0.632. The lowest BCUT2D eigenvalue weighted by molar-refractivity contribution is 0.514. The number of benzene rings is 1. The van der Waals surface area contributed by atoms with Crippen molar-refractivity contribution in [1.82, 2.24) is 20.6 Å². The second-order valence-corrected chi connectivity index (χ2v) is 8.17. The van der Waals surface area contributed by atoms with Gasteiger partial charge in [-0.1, -0.05) is 54.8 Å². The standard InChI is InChI=1S/C19H28N4S/c1-3-8-16(9-4-1)10-7-11-17(19-20-22-23-21-19)14-15-24-18-12-5-2-6-13-18/h1,3-4,8-9,17-18H,2,5-7,10-15H2,(H,20,21,22,23). The Bertz CT molecular complexity index is 552. The average molecular weight is 345 g/mol. The number of hydrogen-bond donors (Lipinski definition) is 1. The highest BCUT2D eigenvalue weighted by molar-refractivity contribution is 7.99. The minimum Gasteiger partial charge on any atom is -0.177 e. The molecule has 1 aromatic heterocycles. The molecular formula is C19H28N4S. The molecule has 4 nitrogen and oxygen atoms in total. The Kier molecular flexibility index (Phi) is 7.14. The van der Waals surface area contributed by atoms with Gasteiger partial charge in [-0.25, -0.2) is 0 Å². The van der Waals surface area contributed by atoms with E-state index in [1.807, 2.05) is 0 Å². The zero-order valence-corrected chi connectivity index (χ0v) is 15.2. The summed E-state index contributed by atoms with van der Waals surface area (Å²) < 4.78 is 0. The molecule has 1 aromatic carbocycles. The predicted octanol–water partition coefficient (Wildman–Crippen LogP) is 4.76. The summed E-state index contributed by atoms with van der Waals surface area (Å²) in [5.74, 6) is 2.55. The molecule has 0 saturated heterocycles. The van der Waals surface area contributed by atoms with Crippen LogP contribution in [0, 0.1) is 0 Å². The van der Waals surface area contributed by atoms with E-state index in [-0.39, 0.29) is 0 Å². The average Bonchev–Trinajstić information content (AvgIpc) is 3.17. The number of nitrogens with zero attached hydrogens (tertiary/aromatic N) is 3. The van der Waals surface area contributed by atoms with Gasteiger partial charge >= 0.3 is 0 Å². The van der Waals surface area contributed by atoms with Gasteiger partial charge in [0.05, 0.1) is 0 Å². The summed E-state index contributed by atoms with van der Waals surface area (Å²) in [6.07, 6.45) is 11.7. The first-order valence-electron chi connectivity index (χ1n) is 9.30. The number of aromatic nitrogens is 4. The molecule has 2 aromatic rings. The Morgan fingerprint density at radius 3 is 2.67 bits per heavy atom. The Hall–Kier alpha value is -1.36. The topological polar surface area (TPSA) is 54.5 Å². The predicted molar refractivity (Wildman–Crippen MR) is 100 cm³/mol. The molecule has 0 spiro atoms. The van der Waals surface area contributed by atoms with Crippen molar-refractivity contribution >= 4 is 11.8 Å². The van der Waals surface area contributed by atoms with E-state index in [2.05, 4.69) is 62.7 Å². The van der Waals surface area contributed by atoms with Crippen molar-refractivity contribution < 1.29 is 0 Å². The summed E-state index contributed by atoms with van der Waals surface area (Å²) in [7, 11) is 0. The minimum absolute atomic E-state index is 0.434. The maximum absolute atomic E-state index is 4.25. The third-order valence-corrected chi connectivity index (χ3v) is 6.37. The van der Waals surface area contributed by atoms with E-state index in [0.29, 0.717) is 5.92 Å². The smallest absolute Gasteiger partial charge is 0.177 e. The van der Waals surface area contributed by atoms with Gasteiger partial charge in [0, 0.05) is 11.2 Å². The summed E-state index contributed by atoms with van der Waals surface area (Å²) in [6, 6.07) is 10.7. The van der Waals surface area contributed by atoms with E-state index in [9.17, 15) is 0 Å². The molecule has 1 aliphatic rings. The van der Waals surface area contributed by atoms with Crippen LogP contribution in [0.5, 0.6) is 0 Å².